The first-order valence-electron chi connectivity index (χ1n) is 11.0. The minimum atomic E-state index is -0.385. The van der Waals surface area contributed by atoms with Crippen molar-refractivity contribution in [1.82, 2.24) is 20.1 Å². The number of ether oxygens (including phenoxy) is 1. The van der Waals surface area contributed by atoms with Crippen LogP contribution in [0.3, 0.4) is 0 Å². The van der Waals surface area contributed by atoms with Gasteiger partial charge in [-0.2, -0.15) is 0 Å². The van der Waals surface area contributed by atoms with E-state index in [1.54, 1.807) is 0 Å². The van der Waals surface area contributed by atoms with Crippen LogP contribution in [0.1, 0.15) is 27.2 Å². The highest BCUT2D eigenvalue weighted by molar-refractivity contribution is 6.02. The molecule has 1 fully saturated rings. The molecule has 0 saturated carbocycles. The number of carbonyl (C=O) groups excluding carboxylic acids is 3. The van der Waals surface area contributed by atoms with Gasteiger partial charge in [-0.25, -0.2) is 9.59 Å². The number of benzene rings is 2. The molecule has 0 bridgehead atoms. The number of hydrogen-bond acceptors (Lipinski definition) is 5. The molecular formula is C25H28N4O4. The van der Waals surface area contributed by atoms with Crippen molar-refractivity contribution < 1.29 is 19.1 Å². The van der Waals surface area contributed by atoms with Crippen LogP contribution in [0.2, 0.25) is 0 Å². The maximum absolute atomic E-state index is 13.0. The zero-order chi connectivity index (χ0) is 23.4. The first-order valence-corrected chi connectivity index (χ1v) is 11.0. The van der Waals surface area contributed by atoms with Gasteiger partial charge in [-0.15, -0.1) is 0 Å². The van der Waals surface area contributed by atoms with E-state index in [1.807, 2.05) is 62.6 Å². The molecule has 0 unspecified atom stereocenters. The number of fused-ring (bicyclic) bond motifs is 1. The summed E-state index contributed by atoms with van der Waals surface area (Å²) in [6.07, 6.45) is 1.22. The van der Waals surface area contributed by atoms with Crippen LogP contribution in [0.25, 0.3) is 10.9 Å². The number of H-pyrrole nitrogens is 1. The Bertz CT molecular complexity index is 1150. The first kappa shape index (κ1) is 22.5. The van der Waals surface area contributed by atoms with Crippen molar-refractivity contribution in [2.24, 2.45) is 0 Å². The van der Waals surface area contributed by atoms with Gasteiger partial charge >= 0.3 is 12.0 Å². The van der Waals surface area contributed by atoms with Gasteiger partial charge in [-0.05, 0) is 55.8 Å². The Hall–Kier alpha value is -3.65. The third kappa shape index (κ3) is 5.23. The van der Waals surface area contributed by atoms with Crippen LogP contribution in [-0.4, -0.2) is 66.4 Å². The van der Waals surface area contributed by atoms with E-state index in [0.717, 1.165) is 34.1 Å². The predicted octanol–water partition coefficient (Wildman–Crippen LogP) is 2.72. The molecule has 0 spiro atoms. The van der Waals surface area contributed by atoms with Gasteiger partial charge < -0.3 is 19.9 Å². The van der Waals surface area contributed by atoms with Crippen LogP contribution >= 0.6 is 0 Å². The SMILES string of the molecule is CN(C)CCc1c(C(=O)OCc2ccccc2)[nH]c2ccc(CCN3C(=O)CNC3=O)cc12. The van der Waals surface area contributed by atoms with Crippen molar-refractivity contribution in [3.63, 3.8) is 0 Å². The lowest BCUT2D eigenvalue weighted by molar-refractivity contribution is -0.124. The third-order valence-electron chi connectivity index (χ3n) is 5.76. The Morgan fingerprint density at radius 2 is 1.85 bits per heavy atom. The van der Waals surface area contributed by atoms with E-state index < -0.39 is 0 Å². The number of hydrogen-bond donors (Lipinski definition) is 2. The van der Waals surface area contributed by atoms with Crippen LogP contribution in [0.5, 0.6) is 0 Å². The fourth-order valence-corrected chi connectivity index (χ4v) is 3.94. The maximum Gasteiger partial charge on any atom is 0.355 e. The van der Waals surface area contributed by atoms with Crippen LogP contribution in [0.4, 0.5) is 4.79 Å². The fourth-order valence-electron chi connectivity index (χ4n) is 3.94. The summed E-state index contributed by atoms with van der Waals surface area (Å²) in [7, 11) is 3.98. The highest BCUT2D eigenvalue weighted by Crippen LogP contribution is 2.26. The summed E-state index contributed by atoms with van der Waals surface area (Å²) < 4.78 is 5.59. The van der Waals surface area contributed by atoms with Crippen molar-refractivity contribution in [3.8, 4) is 0 Å². The van der Waals surface area contributed by atoms with Gasteiger partial charge in [0.2, 0.25) is 5.91 Å². The Balaban J connectivity index is 1.56. The van der Waals surface area contributed by atoms with Crippen LogP contribution < -0.4 is 5.32 Å². The van der Waals surface area contributed by atoms with E-state index >= 15 is 0 Å². The van der Waals surface area contributed by atoms with Crippen molar-refractivity contribution >= 4 is 28.8 Å². The van der Waals surface area contributed by atoms with E-state index in [-0.39, 0.29) is 31.1 Å². The summed E-state index contributed by atoms with van der Waals surface area (Å²) in [5.41, 5.74) is 4.15. The molecule has 1 aliphatic rings. The summed E-state index contributed by atoms with van der Waals surface area (Å²) in [5.74, 6) is -0.595. The summed E-state index contributed by atoms with van der Waals surface area (Å²) in [5, 5.41) is 3.49. The van der Waals surface area contributed by atoms with E-state index in [2.05, 4.69) is 15.2 Å². The number of imide groups is 1. The number of carbonyl (C=O) groups is 3. The molecule has 2 aromatic carbocycles. The average molecular weight is 449 g/mol. The van der Waals surface area contributed by atoms with Crippen LogP contribution in [-0.2, 0) is 29.0 Å². The number of likely N-dealkylation sites (N-methyl/N-ethyl adjacent to an activating group) is 1. The van der Waals surface area contributed by atoms with Gasteiger partial charge in [-0.3, -0.25) is 9.69 Å². The molecule has 1 aliphatic heterocycles. The third-order valence-corrected chi connectivity index (χ3v) is 5.76. The zero-order valence-corrected chi connectivity index (χ0v) is 18.9. The Morgan fingerprint density at radius 1 is 1.06 bits per heavy atom. The van der Waals surface area contributed by atoms with E-state index in [1.165, 1.54) is 4.90 Å². The van der Waals surface area contributed by atoms with Gasteiger partial charge in [0.05, 0.1) is 6.54 Å². The Kier molecular flexibility index (Phi) is 6.74. The molecule has 4 rings (SSSR count). The normalized spacial score (nSPS) is 13.7. The standard InChI is InChI=1S/C25H28N4O4/c1-28(2)12-11-19-20-14-17(10-13-29-22(30)15-26-25(29)32)8-9-21(20)27-23(19)24(31)33-16-18-6-4-3-5-7-18/h3-9,14,27H,10-13,15-16H2,1-2H3,(H,26,32). The van der Waals surface area contributed by atoms with Crippen molar-refractivity contribution in [1.29, 1.82) is 0 Å². The molecule has 8 heteroatoms. The maximum atomic E-state index is 13.0. The number of urea groups is 1. The Morgan fingerprint density at radius 3 is 2.55 bits per heavy atom. The van der Waals surface area contributed by atoms with Crippen molar-refractivity contribution in [3.05, 3.63) is 70.9 Å². The van der Waals surface area contributed by atoms with Gasteiger partial charge in [0.1, 0.15) is 12.3 Å². The van der Waals surface area contributed by atoms with Gasteiger partial charge in [0, 0.05) is 24.0 Å². The second-order valence-corrected chi connectivity index (χ2v) is 8.43. The molecule has 172 valence electrons. The predicted molar refractivity (Wildman–Crippen MR) is 125 cm³/mol. The van der Waals surface area contributed by atoms with Crippen molar-refractivity contribution in [2.75, 3.05) is 33.7 Å². The lowest BCUT2D eigenvalue weighted by Crippen LogP contribution is -2.32. The number of amides is 3. The van der Waals surface area contributed by atoms with Gasteiger partial charge in [-0.1, -0.05) is 36.4 Å². The smallest absolute Gasteiger partial charge is 0.355 e. The van der Waals surface area contributed by atoms with Gasteiger partial charge in [0.15, 0.2) is 0 Å². The lowest BCUT2D eigenvalue weighted by Gasteiger charge is -2.12. The molecule has 33 heavy (non-hydrogen) atoms. The molecule has 2 N–H and O–H groups in total. The number of nitrogens with zero attached hydrogens (tertiary/aromatic N) is 2. The quantitative estimate of drug-likeness (QED) is 0.388. The first-order chi connectivity index (χ1) is 15.9. The summed E-state index contributed by atoms with van der Waals surface area (Å²) >= 11 is 0. The molecule has 8 nitrogen and oxygen atoms in total. The topological polar surface area (TPSA) is 94.7 Å². The molecule has 3 aromatic rings. The molecule has 2 heterocycles. The van der Waals surface area contributed by atoms with Crippen LogP contribution in [0, 0.1) is 0 Å². The van der Waals surface area contributed by atoms with E-state index in [4.69, 9.17) is 4.74 Å². The van der Waals surface area contributed by atoms with Gasteiger partial charge in [0.25, 0.3) is 0 Å². The van der Waals surface area contributed by atoms with Crippen LogP contribution in [0.15, 0.2) is 48.5 Å². The largest absolute Gasteiger partial charge is 0.456 e. The summed E-state index contributed by atoms with van der Waals surface area (Å²) in [6, 6.07) is 15.2. The molecule has 0 atom stereocenters. The number of aromatic nitrogens is 1. The summed E-state index contributed by atoms with van der Waals surface area (Å²) in [4.78, 5) is 43.1. The van der Waals surface area contributed by atoms with E-state index in [9.17, 15) is 14.4 Å². The average Bonchev–Trinajstić information content (AvgIpc) is 3.34. The highest BCUT2D eigenvalue weighted by Gasteiger charge is 2.28. The molecule has 0 aliphatic carbocycles. The molecule has 0 radical (unpaired) electrons. The molecular weight excluding hydrogens is 420 g/mol. The van der Waals surface area contributed by atoms with Crippen molar-refractivity contribution in [2.45, 2.75) is 19.4 Å². The number of rotatable bonds is 9. The minimum Gasteiger partial charge on any atom is -0.456 e. The highest BCUT2D eigenvalue weighted by atomic mass is 16.5. The second-order valence-electron chi connectivity index (χ2n) is 8.43. The second kappa shape index (κ2) is 9.87. The number of esters is 1. The minimum absolute atomic E-state index is 0.0544. The molecule has 1 aromatic heterocycles. The van der Waals surface area contributed by atoms with E-state index in [0.29, 0.717) is 25.1 Å². The Labute approximate surface area is 192 Å². The number of aromatic amines is 1. The molecule has 1 saturated heterocycles. The molecule has 3 amide bonds. The summed E-state index contributed by atoms with van der Waals surface area (Å²) in [6.45, 7) is 1.36. The monoisotopic (exact) mass is 448 g/mol. The zero-order valence-electron chi connectivity index (χ0n) is 18.9. The lowest BCUT2D eigenvalue weighted by atomic mass is 10.0. The number of nitrogens with one attached hydrogen (secondary N) is 2. The fraction of sp³-hybridized carbons (Fsp3) is 0.320.